The van der Waals surface area contributed by atoms with Crippen molar-refractivity contribution in [2.75, 3.05) is 19.6 Å². The highest BCUT2D eigenvalue weighted by Gasteiger charge is 2.39. The van der Waals surface area contributed by atoms with E-state index in [-0.39, 0.29) is 36.1 Å². The van der Waals surface area contributed by atoms with Crippen molar-refractivity contribution < 1.29 is 18.8 Å². The molecule has 1 unspecified atom stereocenters. The van der Waals surface area contributed by atoms with Gasteiger partial charge in [-0.05, 0) is 69.3 Å². The van der Waals surface area contributed by atoms with E-state index in [1.807, 2.05) is 13.0 Å². The van der Waals surface area contributed by atoms with E-state index in [1.165, 1.54) is 6.07 Å². The number of carbonyl (C=O) groups is 3. The monoisotopic (exact) mass is 447 g/mol. The second kappa shape index (κ2) is 10.9. The van der Waals surface area contributed by atoms with Crippen LogP contribution in [0.3, 0.4) is 0 Å². The average molecular weight is 448 g/mol. The molecule has 32 heavy (non-hydrogen) atoms. The molecule has 1 heterocycles. The zero-order valence-electron chi connectivity index (χ0n) is 18.8. The number of hydrogen-bond acceptors (Lipinski definition) is 5. The molecule has 9 heteroatoms. The number of rotatable bonds is 9. The summed E-state index contributed by atoms with van der Waals surface area (Å²) in [5, 5.41) is 8.82. The number of benzene rings is 1. The van der Waals surface area contributed by atoms with Crippen LogP contribution in [-0.2, 0) is 20.8 Å². The molecule has 0 aromatic heterocycles. The van der Waals surface area contributed by atoms with Crippen LogP contribution in [-0.4, -0.2) is 60.4 Å². The molecule has 8 nitrogen and oxygen atoms in total. The second-order valence-corrected chi connectivity index (χ2v) is 8.52. The lowest BCUT2D eigenvalue weighted by Crippen LogP contribution is -2.56. The fourth-order valence-corrected chi connectivity index (χ4v) is 4.65. The van der Waals surface area contributed by atoms with Crippen molar-refractivity contribution in [3.05, 3.63) is 35.1 Å². The van der Waals surface area contributed by atoms with Crippen molar-refractivity contribution in [3.8, 4) is 0 Å². The topological polar surface area (TPSA) is 117 Å². The summed E-state index contributed by atoms with van der Waals surface area (Å²) >= 11 is 0. The largest absolute Gasteiger partial charge is 0.347 e. The first-order valence-corrected chi connectivity index (χ1v) is 11.5. The summed E-state index contributed by atoms with van der Waals surface area (Å²) in [5.41, 5.74) is 7.15. The molecule has 0 saturated carbocycles. The van der Waals surface area contributed by atoms with E-state index >= 15 is 0 Å². The smallest absolute Gasteiger partial charge is 0.245 e. The first-order chi connectivity index (χ1) is 15.4. The number of halogens is 1. The van der Waals surface area contributed by atoms with Crippen molar-refractivity contribution in [3.63, 3.8) is 0 Å². The van der Waals surface area contributed by atoms with Crippen LogP contribution in [0.15, 0.2) is 18.2 Å². The van der Waals surface area contributed by atoms with E-state index in [0.717, 1.165) is 5.56 Å². The number of nitrogens with zero attached hydrogens (tertiary/aromatic N) is 1. The first kappa shape index (κ1) is 24.1. The van der Waals surface area contributed by atoms with Crippen LogP contribution >= 0.6 is 0 Å². The number of likely N-dealkylation sites (N-methyl/N-ethyl adjacent to an activating group) is 1. The number of carbonyl (C=O) groups excluding carboxylic acids is 3. The normalized spacial score (nSPS) is 21.7. The third-order valence-electron chi connectivity index (χ3n) is 6.34. The van der Waals surface area contributed by atoms with Gasteiger partial charge in [-0.15, -0.1) is 0 Å². The molecule has 1 aliphatic carbocycles. The summed E-state index contributed by atoms with van der Waals surface area (Å²) in [5.74, 6) is -1.05. The van der Waals surface area contributed by atoms with Gasteiger partial charge in [0.15, 0.2) is 0 Å². The molecule has 2 aliphatic rings. The van der Waals surface area contributed by atoms with Gasteiger partial charge in [-0.25, -0.2) is 4.39 Å². The fourth-order valence-electron chi connectivity index (χ4n) is 4.65. The third-order valence-corrected chi connectivity index (χ3v) is 6.34. The van der Waals surface area contributed by atoms with Crippen molar-refractivity contribution in [1.82, 2.24) is 20.9 Å². The number of hydrogen-bond donors (Lipinski definition) is 4. The highest BCUT2D eigenvalue weighted by Crippen LogP contribution is 2.33. The van der Waals surface area contributed by atoms with Gasteiger partial charge < -0.3 is 26.6 Å². The van der Waals surface area contributed by atoms with Gasteiger partial charge in [0.25, 0.3) is 0 Å². The van der Waals surface area contributed by atoms with Crippen molar-refractivity contribution in [1.29, 1.82) is 0 Å². The minimum atomic E-state index is -0.775. The van der Waals surface area contributed by atoms with Crippen LogP contribution in [0.5, 0.6) is 0 Å². The zero-order valence-corrected chi connectivity index (χ0v) is 18.8. The van der Waals surface area contributed by atoms with Crippen LogP contribution in [0.1, 0.15) is 56.7 Å². The number of amides is 3. The van der Waals surface area contributed by atoms with E-state index in [0.29, 0.717) is 50.8 Å². The van der Waals surface area contributed by atoms with Crippen LogP contribution in [0.4, 0.5) is 4.39 Å². The van der Waals surface area contributed by atoms with Crippen LogP contribution in [0.2, 0.25) is 0 Å². The maximum Gasteiger partial charge on any atom is 0.245 e. The number of nitrogens with one attached hydrogen (secondary N) is 3. The summed E-state index contributed by atoms with van der Waals surface area (Å²) in [6.07, 6.45) is 2.77. The Balaban J connectivity index is 1.67. The fraction of sp³-hybridized carbons (Fsp3) is 0.609. The van der Waals surface area contributed by atoms with Gasteiger partial charge in [-0.3, -0.25) is 14.4 Å². The summed E-state index contributed by atoms with van der Waals surface area (Å²) in [6.45, 7) is 4.95. The molecule has 1 aromatic rings. The lowest BCUT2D eigenvalue weighted by atomic mass is 10.1. The molecule has 5 N–H and O–H groups in total. The van der Waals surface area contributed by atoms with E-state index < -0.39 is 18.1 Å². The second-order valence-electron chi connectivity index (χ2n) is 8.52. The Kier molecular flexibility index (Phi) is 8.20. The van der Waals surface area contributed by atoms with Gasteiger partial charge in [0.2, 0.25) is 17.7 Å². The van der Waals surface area contributed by atoms with Crippen LogP contribution < -0.4 is 21.7 Å². The molecule has 3 rings (SSSR count). The predicted octanol–water partition coefficient (Wildman–Crippen LogP) is 0.752. The zero-order chi connectivity index (χ0) is 23.3. The maximum absolute atomic E-state index is 14.0. The molecule has 1 fully saturated rings. The van der Waals surface area contributed by atoms with Crippen LogP contribution in [0.25, 0.3) is 0 Å². The van der Waals surface area contributed by atoms with Gasteiger partial charge >= 0.3 is 0 Å². The van der Waals surface area contributed by atoms with Crippen molar-refractivity contribution in [2.45, 2.75) is 70.1 Å². The molecule has 0 spiro atoms. The maximum atomic E-state index is 14.0. The van der Waals surface area contributed by atoms with E-state index in [2.05, 4.69) is 16.0 Å². The van der Waals surface area contributed by atoms with Gasteiger partial charge in [-0.1, -0.05) is 19.1 Å². The van der Waals surface area contributed by atoms with E-state index in [1.54, 1.807) is 17.9 Å². The molecule has 0 bridgehead atoms. The van der Waals surface area contributed by atoms with Crippen molar-refractivity contribution in [2.24, 2.45) is 5.73 Å². The van der Waals surface area contributed by atoms with Gasteiger partial charge in [0.05, 0.1) is 12.1 Å². The standard InChI is InChI=1S/C23H34FN5O3/c1-3-26-14(2)21(30)28-19(11-12-25)23(32)29-13-5-8-20(29)22(31)27-18-10-9-15-16(18)6-4-7-17(15)24/h4,6-7,14,18-20,26H,3,5,8-13,25H2,1-2H3,(H,27,31)(H,28,30)/t14-,18?,19-,20-/m1/s1. The lowest BCUT2D eigenvalue weighted by molar-refractivity contribution is -0.142. The van der Waals surface area contributed by atoms with E-state index in [9.17, 15) is 18.8 Å². The van der Waals surface area contributed by atoms with Gasteiger partial charge in [0, 0.05) is 6.54 Å². The minimum absolute atomic E-state index is 0.237. The molecular weight excluding hydrogens is 413 g/mol. The highest BCUT2D eigenvalue weighted by atomic mass is 19.1. The molecule has 4 atom stereocenters. The van der Waals surface area contributed by atoms with E-state index in [4.69, 9.17) is 5.73 Å². The molecule has 1 aromatic carbocycles. The summed E-state index contributed by atoms with van der Waals surface area (Å²) in [4.78, 5) is 40.3. The third kappa shape index (κ3) is 5.27. The molecule has 176 valence electrons. The molecule has 1 saturated heterocycles. The Bertz CT molecular complexity index is 849. The predicted molar refractivity (Wildman–Crippen MR) is 119 cm³/mol. The number of likely N-dealkylation sites (tertiary alicyclic amines) is 1. The lowest BCUT2D eigenvalue weighted by Gasteiger charge is -2.30. The number of nitrogens with two attached hydrogens (primary N) is 1. The Morgan fingerprint density at radius 3 is 2.78 bits per heavy atom. The summed E-state index contributed by atoms with van der Waals surface area (Å²) < 4.78 is 14.0. The Morgan fingerprint density at radius 2 is 2.06 bits per heavy atom. The molecular formula is C23H34FN5O3. The first-order valence-electron chi connectivity index (χ1n) is 11.5. The average Bonchev–Trinajstić information content (AvgIpc) is 3.41. The van der Waals surface area contributed by atoms with Gasteiger partial charge in [0.1, 0.15) is 17.9 Å². The molecule has 1 aliphatic heterocycles. The Hall–Kier alpha value is -2.52. The summed E-state index contributed by atoms with van der Waals surface area (Å²) in [6, 6.07) is 2.85. The van der Waals surface area contributed by atoms with Crippen LogP contribution in [0, 0.1) is 5.82 Å². The Labute approximate surface area is 188 Å². The summed E-state index contributed by atoms with van der Waals surface area (Å²) in [7, 11) is 0. The van der Waals surface area contributed by atoms with Crippen molar-refractivity contribution >= 4 is 17.7 Å². The Morgan fingerprint density at radius 1 is 1.28 bits per heavy atom. The minimum Gasteiger partial charge on any atom is -0.347 e. The molecule has 0 radical (unpaired) electrons. The SMILES string of the molecule is CCN[C@H](C)C(=O)N[C@H](CCN)C(=O)N1CCC[C@@H]1C(=O)NC1CCc2c(F)cccc21. The number of fused-ring (bicyclic) bond motifs is 1. The quantitative estimate of drug-likeness (QED) is 0.446. The van der Waals surface area contributed by atoms with Gasteiger partial charge in [-0.2, -0.15) is 0 Å². The molecule has 3 amide bonds. The highest BCUT2D eigenvalue weighted by molar-refractivity contribution is 5.93.